The number of aromatic nitrogens is 2. The maximum absolute atomic E-state index is 12.0. The van der Waals surface area contributed by atoms with Gasteiger partial charge in [0.05, 0.1) is 17.5 Å². The van der Waals surface area contributed by atoms with Crippen LogP contribution in [0.1, 0.15) is 33.6 Å². The number of anilines is 1. The molecule has 0 saturated heterocycles. The van der Waals surface area contributed by atoms with Crippen LogP contribution in [-0.4, -0.2) is 19.3 Å². The number of hydrogen-bond acceptors (Lipinski definition) is 4. The van der Waals surface area contributed by atoms with Gasteiger partial charge in [-0.15, -0.1) is 0 Å². The summed E-state index contributed by atoms with van der Waals surface area (Å²) in [5.74, 6) is 0.708. The van der Waals surface area contributed by atoms with E-state index in [0.717, 1.165) is 18.4 Å². The first kappa shape index (κ1) is 20.0. The third-order valence-corrected chi connectivity index (χ3v) is 6.98. The van der Waals surface area contributed by atoms with E-state index in [1.807, 2.05) is 16.7 Å². The minimum Gasteiger partial charge on any atom is -0.460 e. The van der Waals surface area contributed by atoms with Crippen LogP contribution in [0.3, 0.4) is 0 Å². The highest BCUT2D eigenvalue weighted by Crippen LogP contribution is 2.43. The minimum atomic E-state index is -4.52. The summed E-state index contributed by atoms with van der Waals surface area (Å²) in [7, 11) is -4.52. The second-order valence-electron chi connectivity index (χ2n) is 8.55. The first-order valence-corrected chi connectivity index (χ1v) is 11.2. The largest absolute Gasteiger partial charge is 0.460 e. The van der Waals surface area contributed by atoms with Crippen LogP contribution in [0.5, 0.6) is 0 Å². The lowest BCUT2D eigenvalue weighted by atomic mass is 9.70. The second-order valence-corrected chi connectivity index (χ2v) is 10.1. The highest BCUT2D eigenvalue weighted by molar-refractivity contribution is 7.60. The van der Waals surface area contributed by atoms with Crippen LogP contribution < -0.4 is 11.0 Å². The van der Waals surface area contributed by atoms with Crippen molar-refractivity contribution in [3.63, 3.8) is 0 Å². The number of benzene rings is 1. The topological polar surface area (TPSA) is 115 Å². The zero-order valence-corrected chi connectivity index (χ0v) is 17.7. The molecule has 1 atom stereocenters. The fraction of sp³-hybridized carbons (Fsp3) is 0.381. The molecule has 0 bridgehead atoms. The van der Waals surface area contributed by atoms with Gasteiger partial charge in [-0.05, 0) is 43.4 Å². The average Bonchev–Trinajstić information content (AvgIpc) is 3.24. The molecule has 0 fully saturated rings. The van der Waals surface area contributed by atoms with Gasteiger partial charge in [-0.25, -0.2) is 4.98 Å². The van der Waals surface area contributed by atoms with Gasteiger partial charge in [-0.2, -0.15) is 0 Å². The Morgan fingerprint density at radius 2 is 2.10 bits per heavy atom. The van der Waals surface area contributed by atoms with Crippen molar-refractivity contribution in [3.8, 4) is 11.6 Å². The third-order valence-electron chi connectivity index (χ3n) is 6.00. The van der Waals surface area contributed by atoms with Gasteiger partial charge in [0, 0.05) is 12.5 Å². The fourth-order valence-electron chi connectivity index (χ4n) is 4.08. The molecule has 3 aromatic rings. The van der Waals surface area contributed by atoms with Crippen molar-refractivity contribution in [1.82, 2.24) is 9.55 Å². The Morgan fingerprint density at radius 3 is 2.83 bits per heavy atom. The summed E-state index contributed by atoms with van der Waals surface area (Å²) >= 11 is 0. The fourth-order valence-corrected chi connectivity index (χ4v) is 4.75. The molecule has 7 nitrogen and oxygen atoms in total. The van der Waals surface area contributed by atoms with Crippen molar-refractivity contribution in [2.75, 3.05) is 5.73 Å². The van der Waals surface area contributed by atoms with Crippen molar-refractivity contribution < 1.29 is 18.8 Å². The molecule has 2 heterocycles. The lowest BCUT2D eigenvalue weighted by Gasteiger charge is -2.37. The predicted octanol–water partition coefficient (Wildman–Crippen LogP) is 4.06. The molecule has 1 aromatic carbocycles. The van der Waals surface area contributed by atoms with E-state index < -0.39 is 7.60 Å². The molecule has 0 amide bonds. The molecule has 29 heavy (non-hydrogen) atoms. The zero-order chi connectivity index (χ0) is 21.0. The molecule has 0 spiro atoms. The SMILES string of the molecule is CC1=CC(Cn2c(-c3occc3P(=O)(O)O)nc3c(N)cccc32)C(C)(C)CC1. The molecule has 1 unspecified atom stereocenters. The summed E-state index contributed by atoms with van der Waals surface area (Å²) in [5.41, 5.74) is 9.53. The number of nitrogens with zero attached hydrogens (tertiary/aromatic N) is 2. The quantitative estimate of drug-likeness (QED) is 0.336. The van der Waals surface area contributed by atoms with Gasteiger partial charge in [-0.1, -0.05) is 31.6 Å². The molecule has 1 aliphatic carbocycles. The van der Waals surface area contributed by atoms with E-state index >= 15 is 0 Å². The van der Waals surface area contributed by atoms with Gasteiger partial charge < -0.3 is 24.5 Å². The number of imidazole rings is 1. The van der Waals surface area contributed by atoms with Crippen molar-refractivity contribution in [1.29, 1.82) is 0 Å². The second kappa shape index (κ2) is 6.87. The van der Waals surface area contributed by atoms with E-state index in [2.05, 4.69) is 31.8 Å². The highest BCUT2D eigenvalue weighted by atomic mass is 31.2. The Bertz CT molecular complexity index is 1150. The smallest absolute Gasteiger partial charge is 0.360 e. The van der Waals surface area contributed by atoms with Crippen molar-refractivity contribution in [2.45, 2.75) is 40.2 Å². The van der Waals surface area contributed by atoms with Crippen LogP contribution >= 0.6 is 7.60 Å². The average molecular weight is 415 g/mol. The van der Waals surface area contributed by atoms with Crippen LogP contribution in [0.4, 0.5) is 5.69 Å². The number of fused-ring (bicyclic) bond motifs is 1. The molecule has 4 N–H and O–H groups in total. The Kier molecular flexibility index (Phi) is 4.73. The van der Waals surface area contributed by atoms with E-state index in [-0.39, 0.29) is 22.4 Å². The summed E-state index contributed by atoms with van der Waals surface area (Å²) in [6.45, 7) is 7.26. The molecule has 154 valence electrons. The third kappa shape index (κ3) is 3.54. The summed E-state index contributed by atoms with van der Waals surface area (Å²) in [5, 5.41) is -0.165. The molecule has 0 saturated carbocycles. The number of nitrogen functional groups attached to an aromatic ring is 1. The Morgan fingerprint density at radius 1 is 1.34 bits per heavy atom. The Hall–Kier alpha value is -2.34. The molecule has 0 radical (unpaired) electrons. The van der Waals surface area contributed by atoms with Crippen LogP contribution in [0.15, 0.2) is 46.6 Å². The molecule has 8 heteroatoms. The summed E-state index contributed by atoms with van der Waals surface area (Å²) < 4.78 is 19.5. The first-order chi connectivity index (χ1) is 13.6. The first-order valence-electron chi connectivity index (χ1n) is 9.64. The Labute approximate surface area is 169 Å². The predicted molar refractivity (Wildman–Crippen MR) is 114 cm³/mol. The van der Waals surface area contributed by atoms with Gasteiger partial charge in [0.1, 0.15) is 10.8 Å². The van der Waals surface area contributed by atoms with E-state index in [1.165, 1.54) is 17.9 Å². The summed E-state index contributed by atoms with van der Waals surface area (Å²) in [6.07, 6.45) is 5.75. The molecule has 1 aliphatic rings. The molecule has 4 rings (SSSR count). The highest BCUT2D eigenvalue weighted by Gasteiger charge is 2.34. The molecule has 2 aromatic heterocycles. The van der Waals surface area contributed by atoms with Crippen LogP contribution in [0, 0.1) is 11.3 Å². The van der Waals surface area contributed by atoms with E-state index in [9.17, 15) is 14.4 Å². The van der Waals surface area contributed by atoms with Crippen LogP contribution in [0.25, 0.3) is 22.6 Å². The monoisotopic (exact) mass is 415 g/mol. The Balaban J connectivity index is 1.93. The number of hydrogen-bond donors (Lipinski definition) is 3. The van der Waals surface area contributed by atoms with Crippen molar-refractivity contribution >= 4 is 29.6 Å². The summed E-state index contributed by atoms with van der Waals surface area (Å²) in [6, 6.07) is 6.86. The van der Waals surface area contributed by atoms with Gasteiger partial charge in [0.25, 0.3) is 0 Å². The van der Waals surface area contributed by atoms with Gasteiger partial charge in [0.15, 0.2) is 11.6 Å². The van der Waals surface area contributed by atoms with E-state index in [4.69, 9.17) is 10.2 Å². The normalized spacial score (nSPS) is 19.5. The molecule has 0 aliphatic heterocycles. The molecular weight excluding hydrogens is 389 g/mol. The van der Waals surface area contributed by atoms with Gasteiger partial charge in [-0.3, -0.25) is 4.57 Å². The number of allylic oxidation sites excluding steroid dienone is 2. The van der Waals surface area contributed by atoms with Gasteiger partial charge >= 0.3 is 7.60 Å². The minimum absolute atomic E-state index is 0.0863. The standard InChI is InChI=1S/C21H26N3O4P/c1-13-7-9-21(2,3)14(11-13)12-24-16-6-4-5-15(22)18(16)23-20(24)19-17(8-10-28-19)29(25,26)27/h4-6,8,10-11,14H,7,9,12,22H2,1-3H3,(H2,25,26,27). The van der Waals surface area contributed by atoms with Gasteiger partial charge in [0.2, 0.25) is 0 Å². The maximum Gasteiger partial charge on any atom is 0.360 e. The maximum atomic E-state index is 12.0. The number of rotatable bonds is 4. The lowest BCUT2D eigenvalue weighted by Crippen LogP contribution is -2.30. The number of para-hydroxylation sites is 1. The number of furan rings is 1. The van der Waals surface area contributed by atoms with Crippen molar-refractivity contribution in [2.24, 2.45) is 11.3 Å². The van der Waals surface area contributed by atoms with E-state index in [1.54, 1.807) is 6.07 Å². The van der Waals surface area contributed by atoms with Crippen LogP contribution in [-0.2, 0) is 11.1 Å². The van der Waals surface area contributed by atoms with Crippen molar-refractivity contribution in [3.05, 3.63) is 42.2 Å². The lowest BCUT2D eigenvalue weighted by molar-refractivity contribution is 0.204. The molecular formula is C21H26N3O4P. The zero-order valence-electron chi connectivity index (χ0n) is 16.8. The number of nitrogens with two attached hydrogens (primary N) is 1. The van der Waals surface area contributed by atoms with E-state index in [0.29, 0.717) is 23.6 Å². The van der Waals surface area contributed by atoms with Crippen LogP contribution in [0.2, 0.25) is 0 Å². The summed E-state index contributed by atoms with van der Waals surface area (Å²) in [4.78, 5) is 24.2.